The molecule has 2 aliphatic carbocycles. The number of carbonyl (C=O) groups is 3. The number of ether oxygens (including phenoxy) is 3. The van der Waals surface area contributed by atoms with Crippen molar-refractivity contribution >= 4 is 17.7 Å². The number of hydrogen-bond acceptors (Lipinski definition) is 7. The Morgan fingerprint density at radius 3 is 2.52 bits per heavy atom. The van der Waals surface area contributed by atoms with E-state index in [-0.39, 0.29) is 17.8 Å². The molecule has 7 heteroatoms. The molecular formula is C26H31NO6. The quantitative estimate of drug-likeness (QED) is 0.536. The Morgan fingerprint density at radius 1 is 1.12 bits per heavy atom. The van der Waals surface area contributed by atoms with Gasteiger partial charge in [0.2, 0.25) is 0 Å². The number of Topliss-reactive ketones (excluding diaryl/α,β-unsaturated/α-hetero) is 1. The minimum absolute atomic E-state index is 0.107. The summed E-state index contributed by atoms with van der Waals surface area (Å²) in [6.07, 6.45) is 4.18. The molecule has 1 saturated carbocycles. The number of carbonyl (C=O) groups excluding carboxylic acids is 3. The molecule has 0 amide bonds. The van der Waals surface area contributed by atoms with E-state index < -0.39 is 23.8 Å². The number of methoxy groups -OCH3 is 2. The highest BCUT2D eigenvalue weighted by Gasteiger charge is 2.47. The van der Waals surface area contributed by atoms with Gasteiger partial charge in [-0.3, -0.25) is 9.59 Å². The first-order chi connectivity index (χ1) is 15.8. The van der Waals surface area contributed by atoms with E-state index in [1.807, 2.05) is 38.1 Å². The van der Waals surface area contributed by atoms with E-state index in [1.165, 1.54) is 7.11 Å². The van der Waals surface area contributed by atoms with Crippen LogP contribution in [0.5, 0.6) is 5.75 Å². The maximum absolute atomic E-state index is 13.7. The standard InChI is InChI=1S/C26H31NO6/c1-14-12-19-23(24(28)20(14)25(29)32-4)22(16-8-7-11-18(13-16)31-3)21(15(2)27-19)26(30)33-17-9-5-6-10-17/h7-8,11,13-14,17,20,22,27H,5-6,9-10,12H2,1-4H3/t14-,20+,22-/m0/s1. The zero-order valence-electron chi connectivity index (χ0n) is 19.6. The van der Waals surface area contributed by atoms with E-state index >= 15 is 0 Å². The Balaban J connectivity index is 1.82. The fraction of sp³-hybridized carbons (Fsp3) is 0.500. The summed E-state index contributed by atoms with van der Waals surface area (Å²) in [5.41, 5.74) is 2.99. The third-order valence-corrected chi connectivity index (χ3v) is 6.97. The molecule has 1 fully saturated rings. The van der Waals surface area contributed by atoms with Crippen molar-refractivity contribution in [2.45, 2.75) is 58.0 Å². The van der Waals surface area contributed by atoms with Crippen LogP contribution in [0.15, 0.2) is 46.8 Å². The molecule has 0 aromatic heterocycles. The molecule has 1 aromatic carbocycles. The van der Waals surface area contributed by atoms with Crippen molar-refractivity contribution in [2.75, 3.05) is 14.2 Å². The molecule has 176 valence electrons. The van der Waals surface area contributed by atoms with Gasteiger partial charge >= 0.3 is 11.9 Å². The first-order valence-electron chi connectivity index (χ1n) is 11.5. The van der Waals surface area contributed by atoms with Crippen molar-refractivity contribution in [3.8, 4) is 5.75 Å². The summed E-state index contributed by atoms with van der Waals surface area (Å²) in [4.78, 5) is 39.7. The van der Waals surface area contributed by atoms with Crippen LogP contribution < -0.4 is 10.1 Å². The van der Waals surface area contributed by atoms with Crippen molar-refractivity contribution in [3.63, 3.8) is 0 Å². The lowest BCUT2D eigenvalue weighted by atomic mass is 9.69. The number of dihydropyridines is 1. The van der Waals surface area contributed by atoms with Crippen LogP contribution in [-0.2, 0) is 23.9 Å². The SMILES string of the molecule is COC(=O)[C@H]1C(=O)C2=C(C[C@@H]1C)NC(C)=C(C(=O)OC1CCCC1)[C@@H]2c1cccc(OC)c1. The van der Waals surface area contributed by atoms with Crippen LogP contribution in [0.1, 0.15) is 57.4 Å². The lowest BCUT2D eigenvalue weighted by Gasteiger charge is -2.38. The number of ketones is 1. The molecule has 1 aromatic rings. The predicted molar refractivity (Wildman–Crippen MR) is 121 cm³/mol. The smallest absolute Gasteiger partial charge is 0.337 e. The summed E-state index contributed by atoms with van der Waals surface area (Å²) in [6.45, 7) is 3.71. The van der Waals surface area contributed by atoms with E-state index in [1.54, 1.807) is 7.11 Å². The highest BCUT2D eigenvalue weighted by atomic mass is 16.5. The second-order valence-corrected chi connectivity index (χ2v) is 9.12. The van der Waals surface area contributed by atoms with Gasteiger partial charge in [0.25, 0.3) is 0 Å². The fourth-order valence-electron chi connectivity index (χ4n) is 5.33. The van der Waals surface area contributed by atoms with Crippen LogP contribution >= 0.6 is 0 Å². The number of nitrogens with one attached hydrogen (secondary N) is 1. The van der Waals surface area contributed by atoms with Crippen molar-refractivity contribution < 1.29 is 28.6 Å². The van der Waals surface area contributed by atoms with Crippen molar-refractivity contribution in [3.05, 3.63) is 52.4 Å². The predicted octanol–water partition coefficient (Wildman–Crippen LogP) is 3.79. The molecule has 1 heterocycles. The van der Waals surface area contributed by atoms with E-state index in [0.29, 0.717) is 29.0 Å². The molecule has 0 unspecified atom stereocenters. The number of rotatable bonds is 5. The molecule has 0 bridgehead atoms. The zero-order valence-corrected chi connectivity index (χ0v) is 19.6. The summed E-state index contributed by atoms with van der Waals surface area (Å²) in [5.74, 6) is -2.45. The average Bonchev–Trinajstić information content (AvgIpc) is 3.30. The van der Waals surface area contributed by atoms with Crippen molar-refractivity contribution in [1.82, 2.24) is 5.32 Å². The minimum Gasteiger partial charge on any atom is -0.497 e. The molecule has 0 saturated heterocycles. The first kappa shape index (κ1) is 23.1. The van der Waals surface area contributed by atoms with E-state index in [2.05, 4.69) is 5.32 Å². The Labute approximate surface area is 194 Å². The summed E-state index contributed by atoms with van der Waals surface area (Å²) >= 11 is 0. The molecule has 1 N–H and O–H groups in total. The average molecular weight is 454 g/mol. The summed E-state index contributed by atoms with van der Waals surface area (Å²) < 4.78 is 16.2. The normalized spacial score (nSPS) is 25.5. The molecule has 1 aliphatic heterocycles. The van der Waals surface area contributed by atoms with Crippen molar-refractivity contribution in [1.29, 1.82) is 0 Å². The lowest BCUT2D eigenvalue weighted by Crippen LogP contribution is -2.43. The largest absolute Gasteiger partial charge is 0.497 e. The molecular weight excluding hydrogens is 422 g/mol. The fourth-order valence-corrected chi connectivity index (χ4v) is 5.33. The number of benzene rings is 1. The molecule has 0 spiro atoms. The lowest BCUT2D eigenvalue weighted by molar-refractivity contribution is -0.151. The van der Waals surface area contributed by atoms with Gasteiger partial charge in [-0.15, -0.1) is 0 Å². The third kappa shape index (κ3) is 4.28. The second kappa shape index (κ2) is 9.41. The van der Waals surface area contributed by atoms with Gasteiger partial charge < -0.3 is 19.5 Å². The molecule has 0 radical (unpaired) electrons. The molecule has 7 nitrogen and oxygen atoms in total. The Kier molecular flexibility index (Phi) is 6.58. The van der Waals surface area contributed by atoms with Crippen LogP contribution in [-0.4, -0.2) is 38.0 Å². The Morgan fingerprint density at radius 2 is 1.85 bits per heavy atom. The minimum atomic E-state index is -0.908. The maximum Gasteiger partial charge on any atom is 0.337 e. The number of allylic oxidation sites excluding steroid dienone is 3. The highest BCUT2D eigenvalue weighted by molar-refractivity contribution is 6.12. The van der Waals surface area contributed by atoms with Gasteiger partial charge in [0.15, 0.2) is 5.78 Å². The monoisotopic (exact) mass is 453 g/mol. The van der Waals surface area contributed by atoms with Gasteiger partial charge in [-0.25, -0.2) is 4.79 Å². The van der Waals surface area contributed by atoms with Crippen LogP contribution in [0.3, 0.4) is 0 Å². The van der Waals surface area contributed by atoms with E-state index in [0.717, 1.165) is 36.9 Å². The van der Waals surface area contributed by atoms with Crippen LogP contribution in [0, 0.1) is 11.8 Å². The van der Waals surface area contributed by atoms with Gasteiger partial charge in [0.1, 0.15) is 17.8 Å². The summed E-state index contributed by atoms with van der Waals surface area (Å²) in [5, 5.41) is 3.30. The molecule has 3 atom stereocenters. The van der Waals surface area contributed by atoms with Gasteiger partial charge in [0, 0.05) is 22.9 Å². The van der Waals surface area contributed by atoms with Crippen LogP contribution in [0.2, 0.25) is 0 Å². The van der Waals surface area contributed by atoms with E-state index in [4.69, 9.17) is 14.2 Å². The van der Waals surface area contributed by atoms with Gasteiger partial charge in [0.05, 0.1) is 19.8 Å². The second-order valence-electron chi connectivity index (χ2n) is 9.12. The first-order valence-corrected chi connectivity index (χ1v) is 11.5. The Bertz CT molecular complexity index is 1030. The molecule has 33 heavy (non-hydrogen) atoms. The van der Waals surface area contributed by atoms with Gasteiger partial charge in [-0.05, 0) is 62.6 Å². The molecule has 4 rings (SSSR count). The highest BCUT2D eigenvalue weighted by Crippen LogP contribution is 2.46. The van der Waals surface area contributed by atoms with Crippen molar-refractivity contribution in [2.24, 2.45) is 11.8 Å². The zero-order chi connectivity index (χ0) is 23.7. The van der Waals surface area contributed by atoms with Crippen LogP contribution in [0.4, 0.5) is 0 Å². The summed E-state index contributed by atoms with van der Waals surface area (Å²) in [7, 11) is 2.86. The third-order valence-electron chi connectivity index (χ3n) is 6.97. The van der Waals surface area contributed by atoms with E-state index in [9.17, 15) is 14.4 Å². The summed E-state index contributed by atoms with van der Waals surface area (Å²) in [6, 6.07) is 7.35. The van der Waals surface area contributed by atoms with Gasteiger partial charge in [-0.1, -0.05) is 19.1 Å². The maximum atomic E-state index is 13.7. The Hall–Kier alpha value is -3.09. The molecule has 3 aliphatic rings. The topological polar surface area (TPSA) is 90.9 Å². The number of hydrogen-bond donors (Lipinski definition) is 1. The van der Waals surface area contributed by atoms with Crippen LogP contribution in [0.25, 0.3) is 0 Å². The number of esters is 2. The van der Waals surface area contributed by atoms with Gasteiger partial charge in [-0.2, -0.15) is 0 Å².